The highest BCUT2D eigenvalue weighted by atomic mass is 15.0. The normalized spacial score (nSPS) is 13.5. The van der Waals surface area contributed by atoms with Crippen molar-refractivity contribution >= 4 is 38.5 Å². The number of fused-ring (bicyclic) bond motifs is 15. The van der Waals surface area contributed by atoms with Gasteiger partial charge in [0.2, 0.25) is 0 Å². The van der Waals surface area contributed by atoms with Gasteiger partial charge in [-0.15, -0.1) is 0 Å². The minimum Gasteiger partial charge on any atom is -0.291 e. The van der Waals surface area contributed by atoms with Crippen LogP contribution in [0, 0.1) is 0 Å². The second kappa shape index (κ2) is 6.10. The highest BCUT2D eigenvalue weighted by molar-refractivity contribution is 6.12. The van der Waals surface area contributed by atoms with Gasteiger partial charge in [-0.3, -0.25) is 14.4 Å². The molecule has 0 aliphatic heterocycles. The maximum absolute atomic E-state index is 5.18. The Morgan fingerprint density at radius 2 is 1.66 bits per heavy atom. The van der Waals surface area contributed by atoms with Gasteiger partial charge in [0.15, 0.2) is 0 Å². The fourth-order valence-electron chi connectivity index (χ4n) is 6.48. The van der Waals surface area contributed by atoms with Crippen molar-refractivity contribution in [3.63, 3.8) is 0 Å². The molecule has 35 heavy (non-hydrogen) atoms. The molecule has 0 spiro atoms. The van der Waals surface area contributed by atoms with E-state index >= 15 is 0 Å². The SMILES string of the molecule is c1ccc2c(c1)Cc1c-2ccc2c1-c1cc3nc4c5cccnc5c5cnccc5n4c3cc1C2. The Labute approximate surface area is 200 Å². The van der Waals surface area contributed by atoms with Crippen LogP contribution in [0.25, 0.3) is 60.7 Å². The zero-order valence-electron chi connectivity index (χ0n) is 18.8. The molecule has 0 unspecified atom stereocenters. The number of hydrogen-bond acceptors (Lipinski definition) is 3. The van der Waals surface area contributed by atoms with Crippen molar-refractivity contribution in [1.82, 2.24) is 19.4 Å². The smallest absolute Gasteiger partial charge is 0.147 e. The second-order valence-electron chi connectivity index (χ2n) is 9.70. The predicted octanol–water partition coefficient (Wildman–Crippen LogP) is 6.73. The second-order valence-corrected chi connectivity index (χ2v) is 9.70. The fraction of sp³-hybridized carbons (Fsp3) is 0.0645. The Morgan fingerprint density at radius 3 is 2.66 bits per heavy atom. The molecule has 0 N–H and O–H groups in total. The van der Waals surface area contributed by atoms with Crippen molar-refractivity contribution in [3.8, 4) is 22.3 Å². The largest absolute Gasteiger partial charge is 0.291 e. The number of pyridine rings is 3. The van der Waals surface area contributed by atoms with Crippen molar-refractivity contribution in [2.45, 2.75) is 12.8 Å². The Kier molecular flexibility index (Phi) is 3.11. The van der Waals surface area contributed by atoms with Crippen LogP contribution in [-0.2, 0) is 12.8 Å². The average Bonchev–Trinajstić information content (AvgIpc) is 3.58. The number of hydrogen-bond donors (Lipinski definition) is 0. The van der Waals surface area contributed by atoms with Crippen molar-refractivity contribution in [1.29, 1.82) is 0 Å². The zero-order chi connectivity index (χ0) is 22.7. The summed E-state index contributed by atoms with van der Waals surface area (Å²) in [5.74, 6) is 0. The summed E-state index contributed by atoms with van der Waals surface area (Å²) >= 11 is 0. The lowest BCUT2D eigenvalue weighted by molar-refractivity contribution is 1.23. The lowest BCUT2D eigenvalue weighted by atomic mass is 9.95. The van der Waals surface area contributed by atoms with E-state index in [-0.39, 0.29) is 0 Å². The van der Waals surface area contributed by atoms with Crippen LogP contribution in [0.3, 0.4) is 0 Å². The molecule has 3 aromatic carbocycles. The maximum atomic E-state index is 5.18. The van der Waals surface area contributed by atoms with Gasteiger partial charge in [0.1, 0.15) is 5.65 Å². The van der Waals surface area contributed by atoms with Crippen LogP contribution in [0.15, 0.2) is 85.3 Å². The standard InChI is InChI=1S/C31H18N4/c1-2-5-20-17(4-1)13-24-21(20)8-7-18-12-19-14-28-26(15-23(19)29(18)24)34-31-22-6-3-10-33-30(22)25-16-32-11-9-27(25)35(28)31/h1-11,14-16H,12-13H2. The lowest BCUT2D eigenvalue weighted by Crippen LogP contribution is -1.93. The topological polar surface area (TPSA) is 43.1 Å². The third-order valence-corrected chi connectivity index (χ3v) is 7.95. The van der Waals surface area contributed by atoms with Gasteiger partial charge in [-0.1, -0.05) is 36.4 Å². The minimum atomic E-state index is 0.951. The van der Waals surface area contributed by atoms with Crippen molar-refractivity contribution < 1.29 is 0 Å². The average molecular weight is 447 g/mol. The monoisotopic (exact) mass is 446 g/mol. The summed E-state index contributed by atoms with van der Waals surface area (Å²) in [7, 11) is 0. The first kappa shape index (κ1) is 17.8. The number of aromatic nitrogens is 4. The molecule has 0 amide bonds. The minimum absolute atomic E-state index is 0.951. The highest BCUT2D eigenvalue weighted by Gasteiger charge is 2.29. The van der Waals surface area contributed by atoms with E-state index in [0.717, 1.165) is 51.3 Å². The molecular formula is C31H18N4. The van der Waals surface area contributed by atoms with E-state index in [0.29, 0.717) is 0 Å². The molecule has 9 rings (SSSR count). The molecule has 0 saturated heterocycles. The Bertz CT molecular complexity index is 2070. The van der Waals surface area contributed by atoms with E-state index in [2.05, 4.69) is 75.0 Å². The van der Waals surface area contributed by atoms with Gasteiger partial charge < -0.3 is 0 Å². The van der Waals surface area contributed by atoms with Crippen molar-refractivity contribution in [2.75, 3.05) is 0 Å². The van der Waals surface area contributed by atoms with Gasteiger partial charge in [-0.05, 0) is 87.7 Å². The lowest BCUT2D eigenvalue weighted by Gasteiger charge is -2.09. The summed E-state index contributed by atoms with van der Waals surface area (Å²) in [4.78, 5) is 14.3. The summed E-state index contributed by atoms with van der Waals surface area (Å²) in [5, 5.41) is 2.11. The number of imidazole rings is 1. The molecule has 2 aliphatic rings. The molecule has 0 radical (unpaired) electrons. The third kappa shape index (κ3) is 2.15. The molecule has 2 aliphatic carbocycles. The van der Waals surface area contributed by atoms with E-state index in [4.69, 9.17) is 4.98 Å². The molecular weight excluding hydrogens is 428 g/mol. The summed E-state index contributed by atoms with van der Waals surface area (Å²) in [6.45, 7) is 0. The summed E-state index contributed by atoms with van der Waals surface area (Å²) in [6.07, 6.45) is 7.59. The van der Waals surface area contributed by atoms with Crippen molar-refractivity contribution in [3.05, 3.63) is 108 Å². The molecule has 7 aromatic rings. The van der Waals surface area contributed by atoms with Gasteiger partial charge in [0, 0.05) is 29.4 Å². The van der Waals surface area contributed by atoms with E-state index in [1.54, 1.807) is 0 Å². The van der Waals surface area contributed by atoms with E-state index < -0.39 is 0 Å². The Morgan fingerprint density at radius 1 is 0.686 bits per heavy atom. The van der Waals surface area contributed by atoms with Crippen LogP contribution < -0.4 is 0 Å². The fourth-order valence-corrected chi connectivity index (χ4v) is 6.48. The molecule has 0 saturated carbocycles. The van der Waals surface area contributed by atoms with Crippen LogP contribution in [-0.4, -0.2) is 19.4 Å². The molecule has 4 aromatic heterocycles. The zero-order valence-corrected chi connectivity index (χ0v) is 18.8. The summed E-state index contributed by atoms with van der Waals surface area (Å²) < 4.78 is 2.29. The van der Waals surface area contributed by atoms with Gasteiger partial charge in [0.25, 0.3) is 0 Å². The predicted molar refractivity (Wildman–Crippen MR) is 140 cm³/mol. The quantitative estimate of drug-likeness (QED) is 0.243. The number of benzene rings is 3. The number of rotatable bonds is 0. The summed E-state index contributed by atoms with van der Waals surface area (Å²) in [5.41, 5.74) is 16.4. The van der Waals surface area contributed by atoms with Crippen molar-refractivity contribution in [2.24, 2.45) is 0 Å². The third-order valence-electron chi connectivity index (χ3n) is 7.95. The van der Waals surface area contributed by atoms with Gasteiger partial charge in [-0.2, -0.15) is 0 Å². The number of nitrogens with zero attached hydrogens (tertiary/aromatic N) is 4. The molecule has 4 heteroatoms. The maximum Gasteiger partial charge on any atom is 0.147 e. The van der Waals surface area contributed by atoms with Gasteiger partial charge >= 0.3 is 0 Å². The first-order valence-corrected chi connectivity index (χ1v) is 12.0. The van der Waals surface area contributed by atoms with Crippen LogP contribution in [0.5, 0.6) is 0 Å². The van der Waals surface area contributed by atoms with E-state index in [1.165, 1.54) is 44.5 Å². The van der Waals surface area contributed by atoms with E-state index in [1.807, 2.05) is 24.7 Å². The Balaban J connectivity index is 1.38. The van der Waals surface area contributed by atoms with Crippen LogP contribution in [0.4, 0.5) is 0 Å². The van der Waals surface area contributed by atoms with E-state index in [9.17, 15) is 0 Å². The Hall–Kier alpha value is -4.57. The van der Waals surface area contributed by atoms with Crippen LogP contribution in [0.1, 0.15) is 22.3 Å². The molecule has 0 atom stereocenters. The first-order valence-electron chi connectivity index (χ1n) is 12.0. The molecule has 0 fully saturated rings. The first-order chi connectivity index (χ1) is 17.3. The molecule has 4 nitrogen and oxygen atoms in total. The molecule has 4 heterocycles. The van der Waals surface area contributed by atoms with Gasteiger partial charge in [-0.25, -0.2) is 4.98 Å². The van der Waals surface area contributed by atoms with Crippen LogP contribution in [0.2, 0.25) is 0 Å². The molecule has 0 bridgehead atoms. The van der Waals surface area contributed by atoms with Crippen LogP contribution >= 0.6 is 0 Å². The highest BCUT2D eigenvalue weighted by Crippen LogP contribution is 2.48. The summed E-state index contributed by atoms with van der Waals surface area (Å²) in [6, 6.07) is 24.3. The molecule has 162 valence electrons. The van der Waals surface area contributed by atoms with Gasteiger partial charge in [0.05, 0.1) is 22.1 Å².